The molecule has 0 aromatic heterocycles. The van der Waals surface area contributed by atoms with Crippen LogP contribution in [-0.4, -0.2) is 19.1 Å². The first-order valence-electron chi connectivity index (χ1n) is 6.14. The minimum absolute atomic E-state index is 0.0649. The number of amides is 1. The Morgan fingerprint density at radius 2 is 2.17 bits per heavy atom. The van der Waals surface area contributed by atoms with Gasteiger partial charge < -0.3 is 10.1 Å². The van der Waals surface area contributed by atoms with E-state index in [0.29, 0.717) is 12.5 Å². The van der Waals surface area contributed by atoms with Gasteiger partial charge in [-0.05, 0) is 37.0 Å². The van der Waals surface area contributed by atoms with Gasteiger partial charge in [-0.2, -0.15) is 0 Å². The molecule has 0 atom stereocenters. The van der Waals surface area contributed by atoms with Crippen molar-refractivity contribution < 1.29 is 9.53 Å². The fourth-order valence-corrected chi connectivity index (χ4v) is 1.76. The number of nitrogens with one attached hydrogen (secondary N) is 1. The minimum atomic E-state index is -0.0741. The molecule has 1 aromatic rings. The molecular formula is C14H20BrNO2. The summed E-state index contributed by atoms with van der Waals surface area (Å²) in [5.41, 5.74) is 1.02. The van der Waals surface area contributed by atoms with Crippen molar-refractivity contribution in [2.75, 3.05) is 13.2 Å². The van der Waals surface area contributed by atoms with Gasteiger partial charge in [0.1, 0.15) is 5.75 Å². The Labute approximate surface area is 117 Å². The summed E-state index contributed by atoms with van der Waals surface area (Å²) in [4.78, 5) is 11.5. The van der Waals surface area contributed by atoms with Gasteiger partial charge in [-0.1, -0.05) is 35.8 Å². The molecule has 0 fully saturated rings. The molecule has 1 rings (SSSR count). The monoisotopic (exact) mass is 313 g/mol. The van der Waals surface area contributed by atoms with Crippen LogP contribution in [0.25, 0.3) is 0 Å². The maximum atomic E-state index is 11.5. The maximum Gasteiger partial charge on any atom is 0.257 e. The quantitative estimate of drug-likeness (QED) is 0.875. The molecule has 0 radical (unpaired) electrons. The summed E-state index contributed by atoms with van der Waals surface area (Å²) in [6, 6.07) is 5.78. The molecule has 0 heterocycles. The van der Waals surface area contributed by atoms with E-state index in [1.54, 1.807) is 0 Å². The Hall–Kier alpha value is -1.03. The number of hydrogen-bond acceptors (Lipinski definition) is 2. The van der Waals surface area contributed by atoms with Gasteiger partial charge in [0, 0.05) is 11.0 Å². The Morgan fingerprint density at radius 1 is 1.44 bits per heavy atom. The van der Waals surface area contributed by atoms with Gasteiger partial charge >= 0.3 is 0 Å². The maximum absolute atomic E-state index is 11.5. The number of carbonyl (C=O) groups excluding carboxylic acids is 1. The molecule has 4 heteroatoms. The second-order valence-electron chi connectivity index (χ2n) is 4.73. The summed E-state index contributed by atoms with van der Waals surface area (Å²) >= 11 is 3.38. The van der Waals surface area contributed by atoms with Gasteiger partial charge in [0.25, 0.3) is 5.91 Å². The van der Waals surface area contributed by atoms with Crippen LogP contribution >= 0.6 is 15.9 Å². The van der Waals surface area contributed by atoms with Gasteiger partial charge in [0.2, 0.25) is 0 Å². The molecule has 3 nitrogen and oxygen atoms in total. The average Bonchev–Trinajstić information content (AvgIpc) is 2.30. The topological polar surface area (TPSA) is 38.3 Å². The predicted molar refractivity (Wildman–Crippen MR) is 76.8 cm³/mol. The van der Waals surface area contributed by atoms with E-state index < -0.39 is 0 Å². The van der Waals surface area contributed by atoms with Gasteiger partial charge in [0.05, 0.1) is 0 Å². The summed E-state index contributed by atoms with van der Waals surface area (Å²) in [6.07, 6.45) is 0.988. The Morgan fingerprint density at radius 3 is 2.83 bits per heavy atom. The van der Waals surface area contributed by atoms with Crippen LogP contribution in [0.15, 0.2) is 22.7 Å². The van der Waals surface area contributed by atoms with Gasteiger partial charge in [-0.25, -0.2) is 0 Å². The zero-order valence-corrected chi connectivity index (χ0v) is 12.7. The summed E-state index contributed by atoms with van der Waals surface area (Å²) < 4.78 is 6.44. The van der Waals surface area contributed by atoms with Crippen molar-refractivity contribution in [1.29, 1.82) is 0 Å². The predicted octanol–water partition coefficient (Wildman–Crippen LogP) is 3.30. The number of aryl methyl sites for hydroxylation is 1. The molecule has 0 spiro atoms. The summed E-state index contributed by atoms with van der Waals surface area (Å²) in [5, 5.41) is 2.84. The smallest absolute Gasteiger partial charge is 0.257 e. The number of ether oxygens (including phenoxy) is 1. The molecule has 1 amide bonds. The number of halogens is 1. The highest BCUT2D eigenvalue weighted by Crippen LogP contribution is 2.22. The van der Waals surface area contributed by atoms with Crippen LogP contribution < -0.4 is 10.1 Å². The molecular weight excluding hydrogens is 294 g/mol. The first-order valence-corrected chi connectivity index (χ1v) is 6.94. The molecule has 18 heavy (non-hydrogen) atoms. The van der Waals surface area contributed by atoms with E-state index in [9.17, 15) is 4.79 Å². The van der Waals surface area contributed by atoms with Crippen LogP contribution in [0.2, 0.25) is 0 Å². The van der Waals surface area contributed by atoms with Crippen LogP contribution in [0.4, 0.5) is 0 Å². The first-order chi connectivity index (χ1) is 8.49. The largest absolute Gasteiger partial charge is 0.483 e. The molecule has 1 aromatic carbocycles. The van der Waals surface area contributed by atoms with E-state index in [2.05, 4.69) is 35.1 Å². The average molecular weight is 314 g/mol. The first kappa shape index (κ1) is 15.0. The molecule has 0 saturated carbocycles. The third-order valence-electron chi connectivity index (χ3n) is 2.55. The van der Waals surface area contributed by atoms with Crippen LogP contribution in [-0.2, 0) is 4.79 Å². The third kappa shape index (κ3) is 5.54. The highest BCUT2D eigenvalue weighted by Gasteiger charge is 2.05. The molecule has 0 aliphatic rings. The molecule has 0 aliphatic heterocycles. The number of rotatable bonds is 6. The highest BCUT2D eigenvalue weighted by atomic mass is 79.9. The number of carbonyl (C=O) groups is 1. The molecule has 0 saturated heterocycles. The van der Waals surface area contributed by atoms with Crippen molar-refractivity contribution in [1.82, 2.24) is 5.32 Å². The molecule has 0 unspecified atom stereocenters. The summed E-state index contributed by atoms with van der Waals surface area (Å²) in [7, 11) is 0. The number of benzene rings is 1. The van der Waals surface area contributed by atoms with E-state index in [1.807, 2.05) is 25.1 Å². The Bertz CT molecular complexity index is 405. The lowest BCUT2D eigenvalue weighted by atomic mass is 10.1. The molecule has 100 valence electrons. The molecule has 0 aliphatic carbocycles. The Balaban J connectivity index is 2.36. The van der Waals surface area contributed by atoms with E-state index in [0.717, 1.165) is 22.2 Å². The van der Waals surface area contributed by atoms with Crippen molar-refractivity contribution in [3.63, 3.8) is 0 Å². The SMILES string of the molecule is Cc1ccc(Br)cc1OCC(=O)NCCC(C)C. The van der Waals surface area contributed by atoms with Gasteiger partial charge in [-0.15, -0.1) is 0 Å². The van der Waals surface area contributed by atoms with Crippen molar-refractivity contribution in [3.05, 3.63) is 28.2 Å². The van der Waals surface area contributed by atoms with Crippen molar-refractivity contribution in [2.45, 2.75) is 27.2 Å². The normalized spacial score (nSPS) is 10.5. The van der Waals surface area contributed by atoms with Crippen molar-refractivity contribution in [2.24, 2.45) is 5.92 Å². The lowest BCUT2D eigenvalue weighted by Crippen LogP contribution is -2.30. The summed E-state index contributed by atoms with van der Waals surface area (Å²) in [6.45, 7) is 6.99. The second kappa shape index (κ2) is 7.41. The second-order valence-corrected chi connectivity index (χ2v) is 5.65. The molecule has 0 bridgehead atoms. The standard InChI is InChI=1S/C14H20BrNO2/c1-10(2)6-7-16-14(17)9-18-13-8-12(15)5-4-11(13)3/h4-5,8,10H,6-7,9H2,1-3H3,(H,16,17). The van der Waals surface area contributed by atoms with Crippen LogP contribution in [0.1, 0.15) is 25.8 Å². The fraction of sp³-hybridized carbons (Fsp3) is 0.500. The van der Waals surface area contributed by atoms with E-state index in [-0.39, 0.29) is 12.5 Å². The lowest BCUT2D eigenvalue weighted by molar-refractivity contribution is -0.123. The van der Waals surface area contributed by atoms with Crippen LogP contribution in [0.3, 0.4) is 0 Å². The fourth-order valence-electron chi connectivity index (χ4n) is 1.42. The summed E-state index contributed by atoms with van der Waals surface area (Å²) in [5.74, 6) is 1.26. The highest BCUT2D eigenvalue weighted by molar-refractivity contribution is 9.10. The lowest BCUT2D eigenvalue weighted by Gasteiger charge is -2.10. The zero-order chi connectivity index (χ0) is 13.5. The van der Waals surface area contributed by atoms with Crippen LogP contribution in [0.5, 0.6) is 5.75 Å². The van der Waals surface area contributed by atoms with E-state index in [4.69, 9.17) is 4.74 Å². The van der Waals surface area contributed by atoms with Gasteiger partial charge in [0.15, 0.2) is 6.61 Å². The van der Waals surface area contributed by atoms with Crippen LogP contribution in [0, 0.1) is 12.8 Å². The van der Waals surface area contributed by atoms with Gasteiger partial charge in [-0.3, -0.25) is 4.79 Å². The van der Waals surface area contributed by atoms with E-state index in [1.165, 1.54) is 0 Å². The third-order valence-corrected chi connectivity index (χ3v) is 3.05. The number of hydrogen-bond donors (Lipinski definition) is 1. The van der Waals surface area contributed by atoms with Crippen molar-refractivity contribution >= 4 is 21.8 Å². The molecule has 1 N–H and O–H groups in total. The Kier molecular flexibility index (Phi) is 6.19. The van der Waals surface area contributed by atoms with Crippen molar-refractivity contribution in [3.8, 4) is 5.75 Å². The minimum Gasteiger partial charge on any atom is -0.483 e. The van der Waals surface area contributed by atoms with E-state index >= 15 is 0 Å². The zero-order valence-electron chi connectivity index (χ0n) is 11.1.